The van der Waals surface area contributed by atoms with Gasteiger partial charge in [0.15, 0.2) is 11.6 Å². The molecular formula is C24H22FN5O. The first kappa shape index (κ1) is 20.3. The van der Waals surface area contributed by atoms with Gasteiger partial charge in [-0.3, -0.25) is 0 Å². The molecule has 6 nitrogen and oxygen atoms in total. The van der Waals surface area contributed by atoms with Crippen molar-refractivity contribution in [3.05, 3.63) is 60.4 Å². The molecule has 1 saturated heterocycles. The van der Waals surface area contributed by atoms with Crippen molar-refractivity contribution in [1.82, 2.24) is 19.9 Å². The first-order valence-electron chi connectivity index (χ1n) is 9.97. The molecule has 7 heteroatoms. The molecule has 1 aromatic carbocycles. The fourth-order valence-electron chi connectivity index (χ4n) is 3.47. The third kappa shape index (κ3) is 4.79. The van der Waals surface area contributed by atoms with E-state index in [1.54, 1.807) is 18.2 Å². The van der Waals surface area contributed by atoms with Crippen molar-refractivity contribution in [2.45, 2.75) is 19.4 Å². The zero-order chi connectivity index (χ0) is 21.6. The second kappa shape index (κ2) is 9.23. The van der Waals surface area contributed by atoms with Gasteiger partial charge in [0.25, 0.3) is 0 Å². The molecule has 0 amide bonds. The highest BCUT2D eigenvalue weighted by molar-refractivity contribution is 5.88. The molecule has 0 aliphatic carbocycles. The Bertz CT molecular complexity index is 1230. The molecule has 2 N–H and O–H groups in total. The number of benzene rings is 1. The van der Waals surface area contributed by atoms with Crippen LogP contribution in [0.25, 0.3) is 11.0 Å². The normalized spacial score (nSPS) is 15.0. The summed E-state index contributed by atoms with van der Waals surface area (Å²) < 4.78 is 18.9. The number of H-pyrrole nitrogens is 1. The number of rotatable bonds is 5. The number of ether oxygens (including phenoxy) is 1. The Labute approximate surface area is 180 Å². The maximum atomic E-state index is 13.6. The van der Waals surface area contributed by atoms with Gasteiger partial charge in [-0.05, 0) is 37.5 Å². The Balaban J connectivity index is 1.42. The van der Waals surface area contributed by atoms with E-state index in [0.717, 1.165) is 36.4 Å². The molecule has 1 atom stereocenters. The van der Waals surface area contributed by atoms with Gasteiger partial charge in [-0.1, -0.05) is 36.5 Å². The summed E-state index contributed by atoms with van der Waals surface area (Å²) >= 11 is 0. The van der Waals surface area contributed by atoms with Crippen LogP contribution in [0, 0.1) is 29.5 Å². The van der Waals surface area contributed by atoms with E-state index in [-0.39, 0.29) is 18.4 Å². The largest absolute Gasteiger partial charge is 0.478 e. The summed E-state index contributed by atoms with van der Waals surface area (Å²) in [5.41, 5.74) is 2.24. The summed E-state index contributed by atoms with van der Waals surface area (Å²) in [7, 11) is 0. The van der Waals surface area contributed by atoms with Crippen LogP contribution in [0.4, 0.5) is 10.2 Å². The SMILES string of the molecule is C=C(C#CC)N1CC[C@@H](Nc2ncnc3[nH]c(C#CCOc4ccccc4F)cc23)C1. The van der Waals surface area contributed by atoms with Crippen LogP contribution in [-0.4, -0.2) is 45.6 Å². The van der Waals surface area contributed by atoms with Crippen LogP contribution in [0.15, 0.2) is 48.9 Å². The molecule has 1 aliphatic rings. The van der Waals surface area contributed by atoms with Crippen molar-refractivity contribution in [1.29, 1.82) is 0 Å². The number of likely N-dealkylation sites (tertiary alicyclic amines) is 1. The third-order valence-corrected chi connectivity index (χ3v) is 4.97. The van der Waals surface area contributed by atoms with Gasteiger partial charge in [0.2, 0.25) is 0 Å². The van der Waals surface area contributed by atoms with Gasteiger partial charge in [0.05, 0.1) is 16.8 Å². The highest BCUT2D eigenvalue weighted by Gasteiger charge is 2.23. The van der Waals surface area contributed by atoms with Crippen molar-refractivity contribution < 1.29 is 9.13 Å². The maximum absolute atomic E-state index is 13.6. The molecular weight excluding hydrogens is 393 g/mol. The zero-order valence-electron chi connectivity index (χ0n) is 17.2. The predicted octanol–water partition coefficient (Wildman–Crippen LogP) is 3.55. The van der Waals surface area contributed by atoms with Crippen LogP contribution >= 0.6 is 0 Å². The number of nitrogens with one attached hydrogen (secondary N) is 2. The quantitative estimate of drug-likeness (QED) is 0.624. The van der Waals surface area contributed by atoms with Gasteiger partial charge >= 0.3 is 0 Å². The van der Waals surface area contributed by atoms with E-state index in [1.165, 1.54) is 12.4 Å². The number of hydrogen-bond acceptors (Lipinski definition) is 5. The number of nitrogens with zero attached hydrogens (tertiary/aromatic N) is 3. The van der Waals surface area contributed by atoms with Gasteiger partial charge in [-0.2, -0.15) is 0 Å². The summed E-state index contributed by atoms with van der Waals surface area (Å²) in [6, 6.07) is 8.40. The Kier molecular flexibility index (Phi) is 6.05. The molecule has 4 rings (SSSR count). The van der Waals surface area contributed by atoms with Gasteiger partial charge in [-0.25, -0.2) is 14.4 Å². The van der Waals surface area contributed by atoms with E-state index in [2.05, 4.69) is 55.4 Å². The van der Waals surface area contributed by atoms with Gasteiger partial charge in [0.1, 0.15) is 24.4 Å². The van der Waals surface area contributed by atoms with E-state index in [4.69, 9.17) is 4.74 Å². The number of aromatic amines is 1. The molecule has 0 radical (unpaired) electrons. The van der Waals surface area contributed by atoms with Crippen molar-refractivity contribution >= 4 is 16.9 Å². The maximum Gasteiger partial charge on any atom is 0.165 e. The Morgan fingerprint density at radius 2 is 2.26 bits per heavy atom. The average molecular weight is 415 g/mol. The number of halogens is 1. The monoisotopic (exact) mass is 415 g/mol. The molecule has 1 aliphatic heterocycles. The number of anilines is 1. The van der Waals surface area contributed by atoms with E-state index < -0.39 is 5.82 Å². The van der Waals surface area contributed by atoms with Crippen molar-refractivity contribution in [3.63, 3.8) is 0 Å². The smallest absolute Gasteiger partial charge is 0.165 e. The Morgan fingerprint density at radius 1 is 1.39 bits per heavy atom. The highest BCUT2D eigenvalue weighted by atomic mass is 19.1. The summed E-state index contributed by atoms with van der Waals surface area (Å²) in [5, 5.41) is 4.37. The first-order valence-corrected chi connectivity index (χ1v) is 9.97. The van der Waals surface area contributed by atoms with Gasteiger partial charge in [-0.15, -0.1) is 0 Å². The topological polar surface area (TPSA) is 66.1 Å². The molecule has 2 aromatic heterocycles. The molecule has 3 heterocycles. The lowest BCUT2D eigenvalue weighted by atomic mass is 10.2. The van der Waals surface area contributed by atoms with Gasteiger partial charge < -0.3 is 19.9 Å². The van der Waals surface area contributed by atoms with E-state index in [0.29, 0.717) is 11.3 Å². The van der Waals surface area contributed by atoms with E-state index >= 15 is 0 Å². The summed E-state index contributed by atoms with van der Waals surface area (Å²) in [4.78, 5) is 14.1. The number of para-hydroxylation sites is 1. The summed E-state index contributed by atoms with van der Waals surface area (Å²) in [6.07, 6.45) is 2.49. The molecule has 0 saturated carbocycles. The number of fused-ring (bicyclic) bond motifs is 1. The van der Waals surface area contributed by atoms with Crippen LogP contribution in [0.2, 0.25) is 0 Å². The second-order valence-corrected chi connectivity index (χ2v) is 7.09. The summed E-state index contributed by atoms with van der Waals surface area (Å²) in [5.74, 6) is 12.3. The lowest BCUT2D eigenvalue weighted by Crippen LogP contribution is -2.25. The minimum Gasteiger partial charge on any atom is -0.478 e. The second-order valence-electron chi connectivity index (χ2n) is 7.09. The van der Waals surface area contributed by atoms with E-state index in [9.17, 15) is 4.39 Å². The van der Waals surface area contributed by atoms with E-state index in [1.807, 2.05) is 13.0 Å². The Hall–Kier alpha value is -3.97. The van der Waals surface area contributed by atoms with Crippen LogP contribution in [0.5, 0.6) is 5.75 Å². The minimum absolute atomic E-state index is 0.0789. The highest BCUT2D eigenvalue weighted by Crippen LogP contribution is 2.23. The number of hydrogen-bond donors (Lipinski definition) is 2. The Morgan fingerprint density at radius 3 is 3.10 bits per heavy atom. The molecule has 3 aromatic rings. The van der Waals surface area contributed by atoms with Crippen LogP contribution in [0.1, 0.15) is 19.0 Å². The fraction of sp³-hybridized carbons (Fsp3) is 0.250. The van der Waals surface area contributed by atoms with Crippen molar-refractivity contribution in [2.75, 3.05) is 25.0 Å². The molecule has 1 fully saturated rings. The lowest BCUT2D eigenvalue weighted by Gasteiger charge is -2.18. The standard InChI is InChI=1S/C24H22FN5O/c1-3-7-17(2)30-12-11-19(15-30)29-24-20-14-18(28-23(20)26-16-27-24)8-6-13-31-22-10-5-4-9-21(22)25/h4-5,9-10,14,16,19H,2,11-13,15H2,1H3,(H2,26,27,28,29)/t19-/m1/s1. The minimum atomic E-state index is -0.406. The van der Waals surface area contributed by atoms with Crippen LogP contribution in [0.3, 0.4) is 0 Å². The molecule has 31 heavy (non-hydrogen) atoms. The molecule has 156 valence electrons. The van der Waals surface area contributed by atoms with Gasteiger partial charge in [0, 0.05) is 19.1 Å². The number of aromatic nitrogens is 3. The number of allylic oxidation sites excluding steroid dienone is 1. The summed E-state index contributed by atoms with van der Waals surface area (Å²) in [6.45, 7) is 7.65. The van der Waals surface area contributed by atoms with Crippen LogP contribution < -0.4 is 10.1 Å². The predicted molar refractivity (Wildman–Crippen MR) is 119 cm³/mol. The van der Waals surface area contributed by atoms with Crippen LogP contribution in [-0.2, 0) is 0 Å². The zero-order valence-corrected chi connectivity index (χ0v) is 17.2. The molecule has 0 bridgehead atoms. The first-order chi connectivity index (χ1) is 15.1. The fourth-order valence-corrected chi connectivity index (χ4v) is 3.47. The van der Waals surface area contributed by atoms with Crippen molar-refractivity contribution in [2.24, 2.45) is 0 Å². The molecule has 0 spiro atoms. The third-order valence-electron chi connectivity index (χ3n) is 4.97. The average Bonchev–Trinajstić information content (AvgIpc) is 3.40. The van der Waals surface area contributed by atoms with Crippen molar-refractivity contribution in [3.8, 4) is 29.4 Å². The lowest BCUT2D eigenvalue weighted by molar-refractivity contribution is 0.348. The molecule has 0 unspecified atom stereocenters.